The molecule has 5 nitrogen and oxygen atoms in total. The summed E-state index contributed by atoms with van der Waals surface area (Å²) in [6.45, 7) is 1.26. The summed E-state index contributed by atoms with van der Waals surface area (Å²) >= 11 is 0. The molecule has 23 heavy (non-hydrogen) atoms. The number of fused-ring (bicyclic) bond motifs is 1. The minimum absolute atomic E-state index is 0.0718. The summed E-state index contributed by atoms with van der Waals surface area (Å²) in [5.41, 5.74) is 6.97. The maximum Gasteiger partial charge on any atom is 0.220 e. The van der Waals surface area contributed by atoms with Gasteiger partial charge in [-0.15, -0.1) is 0 Å². The van der Waals surface area contributed by atoms with Crippen LogP contribution in [0.5, 0.6) is 0 Å². The third-order valence-electron chi connectivity index (χ3n) is 3.96. The first kappa shape index (κ1) is 17.4. The Morgan fingerprint density at radius 1 is 1.30 bits per heavy atom. The first-order valence-electron chi connectivity index (χ1n) is 8.19. The predicted molar refractivity (Wildman–Crippen MR) is 89.5 cm³/mol. The third kappa shape index (κ3) is 5.03. The number of unbranched alkanes of at least 4 members (excludes halogenated alkanes) is 3. The Bertz CT molecular complexity index is 653. The molecule has 3 N–H and O–H groups in total. The van der Waals surface area contributed by atoms with Crippen molar-refractivity contribution in [2.45, 2.75) is 38.5 Å². The van der Waals surface area contributed by atoms with E-state index in [-0.39, 0.29) is 11.7 Å². The lowest BCUT2D eigenvalue weighted by molar-refractivity contribution is -0.121. The first-order valence-corrected chi connectivity index (χ1v) is 8.19. The number of carbonyl (C=O) groups is 1. The van der Waals surface area contributed by atoms with E-state index >= 15 is 0 Å². The van der Waals surface area contributed by atoms with Crippen molar-refractivity contribution < 1.29 is 9.18 Å². The van der Waals surface area contributed by atoms with Gasteiger partial charge < -0.3 is 15.6 Å². The molecule has 0 fully saturated rings. The van der Waals surface area contributed by atoms with E-state index in [1.165, 1.54) is 12.1 Å². The van der Waals surface area contributed by atoms with Gasteiger partial charge in [-0.2, -0.15) is 0 Å². The van der Waals surface area contributed by atoms with E-state index in [1.54, 1.807) is 6.07 Å². The number of amides is 1. The van der Waals surface area contributed by atoms with Crippen LogP contribution < -0.4 is 11.1 Å². The van der Waals surface area contributed by atoms with Gasteiger partial charge in [-0.05, 0) is 37.6 Å². The molecule has 1 amide bonds. The molecular weight excluding hydrogens is 295 g/mol. The molecule has 0 saturated heterocycles. The largest absolute Gasteiger partial charge is 0.356 e. The molecule has 0 bridgehead atoms. The Labute approximate surface area is 136 Å². The summed E-state index contributed by atoms with van der Waals surface area (Å²) in [6.07, 6.45) is 5.23. The number of aryl methyl sites for hydroxylation is 1. The van der Waals surface area contributed by atoms with Crippen LogP contribution in [0.2, 0.25) is 0 Å². The zero-order valence-corrected chi connectivity index (χ0v) is 13.6. The van der Waals surface area contributed by atoms with Crippen molar-refractivity contribution in [1.82, 2.24) is 14.9 Å². The number of imidazole rings is 1. The summed E-state index contributed by atoms with van der Waals surface area (Å²) in [7, 11) is 1.86. The van der Waals surface area contributed by atoms with Crippen LogP contribution in [-0.4, -0.2) is 28.5 Å². The highest BCUT2D eigenvalue weighted by Gasteiger charge is 2.09. The van der Waals surface area contributed by atoms with Crippen LogP contribution in [-0.2, 0) is 18.3 Å². The quantitative estimate of drug-likeness (QED) is 0.696. The molecule has 0 saturated carbocycles. The van der Waals surface area contributed by atoms with Gasteiger partial charge in [0, 0.05) is 26.4 Å². The third-order valence-corrected chi connectivity index (χ3v) is 3.96. The van der Waals surface area contributed by atoms with Gasteiger partial charge in [0.05, 0.1) is 11.0 Å². The van der Waals surface area contributed by atoms with Gasteiger partial charge in [-0.1, -0.05) is 12.8 Å². The zero-order chi connectivity index (χ0) is 16.7. The van der Waals surface area contributed by atoms with Crippen molar-refractivity contribution in [1.29, 1.82) is 0 Å². The molecule has 2 rings (SSSR count). The molecule has 1 aromatic carbocycles. The maximum atomic E-state index is 13.3. The molecule has 0 aliphatic heterocycles. The molecular formula is C17H25FN4O. The molecule has 6 heteroatoms. The number of hydrogen-bond donors (Lipinski definition) is 2. The van der Waals surface area contributed by atoms with Crippen LogP contribution in [0.3, 0.4) is 0 Å². The minimum atomic E-state index is -0.269. The average molecular weight is 320 g/mol. The summed E-state index contributed by atoms with van der Waals surface area (Å²) in [5.74, 6) is 0.645. The summed E-state index contributed by atoms with van der Waals surface area (Å²) in [4.78, 5) is 16.2. The van der Waals surface area contributed by atoms with Gasteiger partial charge in [0.1, 0.15) is 11.6 Å². The van der Waals surface area contributed by atoms with Crippen LogP contribution in [0.4, 0.5) is 4.39 Å². The van der Waals surface area contributed by atoms with Gasteiger partial charge in [0.2, 0.25) is 5.91 Å². The average Bonchev–Trinajstić information content (AvgIpc) is 2.83. The second kappa shape index (κ2) is 8.62. The van der Waals surface area contributed by atoms with Gasteiger partial charge in [-0.25, -0.2) is 9.37 Å². The summed E-state index contributed by atoms with van der Waals surface area (Å²) in [6, 6.07) is 4.56. The molecule has 126 valence electrons. The van der Waals surface area contributed by atoms with Crippen LogP contribution in [0, 0.1) is 5.82 Å². The monoisotopic (exact) mass is 320 g/mol. The molecule has 0 unspecified atom stereocenters. The Morgan fingerprint density at radius 2 is 2.09 bits per heavy atom. The number of rotatable bonds is 9. The van der Waals surface area contributed by atoms with E-state index in [2.05, 4.69) is 10.3 Å². The van der Waals surface area contributed by atoms with Crippen molar-refractivity contribution in [2.75, 3.05) is 13.1 Å². The zero-order valence-electron chi connectivity index (χ0n) is 13.6. The highest BCUT2D eigenvalue weighted by Crippen LogP contribution is 2.16. The molecule has 2 aromatic rings. The van der Waals surface area contributed by atoms with Gasteiger partial charge >= 0.3 is 0 Å². The van der Waals surface area contributed by atoms with E-state index in [0.29, 0.717) is 25.9 Å². The van der Waals surface area contributed by atoms with E-state index in [9.17, 15) is 9.18 Å². The number of nitrogens with one attached hydrogen (secondary N) is 1. The molecule has 1 aromatic heterocycles. The lowest BCUT2D eigenvalue weighted by Gasteiger charge is -2.06. The number of carbonyl (C=O) groups excluding carboxylic acids is 1. The second-order valence-electron chi connectivity index (χ2n) is 5.77. The molecule has 0 spiro atoms. The van der Waals surface area contributed by atoms with Crippen molar-refractivity contribution in [3.05, 3.63) is 29.8 Å². The molecule has 0 atom stereocenters. The lowest BCUT2D eigenvalue weighted by atomic mass is 10.1. The highest BCUT2D eigenvalue weighted by atomic mass is 19.1. The van der Waals surface area contributed by atoms with Crippen LogP contribution in [0.25, 0.3) is 11.0 Å². The smallest absolute Gasteiger partial charge is 0.220 e. The standard InChI is InChI=1S/C17H25FN4O/c1-22-15-12-13(18)7-8-14(15)21-16(22)9-11-20-17(23)6-4-2-3-5-10-19/h7-8,12H,2-6,9-11,19H2,1H3,(H,20,23). The fourth-order valence-corrected chi connectivity index (χ4v) is 2.62. The van der Waals surface area contributed by atoms with E-state index < -0.39 is 0 Å². The van der Waals surface area contributed by atoms with Gasteiger partial charge in [-0.3, -0.25) is 4.79 Å². The normalized spacial score (nSPS) is 11.1. The number of nitrogens with zero attached hydrogens (tertiary/aromatic N) is 2. The molecule has 1 heterocycles. The van der Waals surface area contributed by atoms with Crippen LogP contribution in [0.1, 0.15) is 37.9 Å². The van der Waals surface area contributed by atoms with E-state index in [0.717, 1.165) is 42.5 Å². The fourth-order valence-electron chi connectivity index (χ4n) is 2.62. The van der Waals surface area contributed by atoms with Crippen LogP contribution >= 0.6 is 0 Å². The Morgan fingerprint density at radius 3 is 2.87 bits per heavy atom. The summed E-state index contributed by atoms with van der Waals surface area (Å²) < 4.78 is 15.1. The van der Waals surface area contributed by atoms with Crippen molar-refractivity contribution in [2.24, 2.45) is 12.8 Å². The topological polar surface area (TPSA) is 72.9 Å². The van der Waals surface area contributed by atoms with Crippen LogP contribution in [0.15, 0.2) is 18.2 Å². The molecule has 0 aliphatic rings. The Hall–Kier alpha value is -1.95. The van der Waals surface area contributed by atoms with Crippen molar-refractivity contribution in [3.8, 4) is 0 Å². The van der Waals surface area contributed by atoms with Gasteiger partial charge in [0.25, 0.3) is 0 Å². The SMILES string of the molecule is Cn1c(CCNC(=O)CCCCCCN)nc2ccc(F)cc21. The molecule has 0 aliphatic carbocycles. The Balaban J connectivity index is 1.76. The minimum Gasteiger partial charge on any atom is -0.356 e. The van der Waals surface area contributed by atoms with Crippen molar-refractivity contribution in [3.63, 3.8) is 0 Å². The lowest BCUT2D eigenvalue weighted by Crippen LogP contribution is -2.26. The second-order valence-corrected chi connectivity index (χ2v) is 5.77. The number of hydrogen-bond acceptors (Lipinski definition) is 3. The first-order chi connectivity index (χ1) is 11.1. The van der Waals surface area contributed by atoms with Gasteiger partial charge in [0.15, 0.2) is 0 Å². The van der Waals surface area contributed by atoms with E-state index in [4.69, 9.17) is 5.73 Å². The Kier molecular flexibility index (Phi) is 6.52. The number of benzene rings is 1. The maximum absolute atomic E-state index is 13.3. The predicted octanol–water partition coefficient (Wildman–Crippen LogP) is 2.28. The summed E-state index contributed by atoms with van der Waals surface area (Å²) in [5, 5.41) is 2.91. The molecule has 0 radical (unpaired) electrons. The fraction of sp³-hybridized carbons (Fsp3) is 0.529. The number of nitrogens with two attached hydrogens (primary N) is 1. The number of aromatic nitrogens is 2. The highest BCUT2D eigenvalue weighted by molar-refractivity contribution is 5.76. The number of halogens is 1. The van der Waals surface area contributed by atoms with E-state index in [1.807, 2.05) is 11.6 Å². The van der Waals surface area contributed by atoms with Crippen molar-refractivity contribution >= 4 is 16.9 Å².